The van der Waals surface area contributed by atoms with E-state index in [0.717, 1.165) is 16.7 Å². The number of hydrogen-bond acceptors (Lipinski definition) is 5. The topological polar surface area (TPSA) is 111 Å². The average Bonchev–Trinajstić information content (AvgIpc) is 3.40. The van der Waals surface area contributed by atoms with E-state index in [-0.39, 0.29) is 48.0 Å². The Morgan fingerprint density at radius 3 is 2.14 bits per heavy atom. The molecule has 3 N–H and O–H groups in total. The Balaban J connectivity index is 1.62. The number of benzene rings is 2. The summed E-state index contributed by atoms with van der Waals surface area (Å²) in [4.78, 5) is 57.2. The van der Waals surface area contributed by atoms with Gasteiger partial charge in [-0.1, -0.05) is 55.8 Å². The third-order valence-corrected chi connectivity index (χ3v) is 8.34. The summed E-state index contributed by atoms with van der Waals surface area (Å²) in [5, 5.41) is 8.84. The van der Waals surface area contributed by atoms with Crippen LogP contribution in [0.2, 0.25) is 0 Å². The molecule has 0 radical (unpaired) electrons. The molecule has 42 heavy (non-hydrogen) atoms. The van der Waals surface area contributed by atoms with Gasteiger partial charge in [-0.25, -0.2) is 4.39 Å². The molecule has 2 aliphatic rings. The Morgan fingerprint density at radius 2 is 1.55 bits per heavy atom. The molecule has 0 aliphatic carbocycles. The van der Waals surface area contributed by atoms with Gasteiger partial charge >= 0.3 is 0 Å². The van der Waals surface area contributed by atoms with Gasteiger partial charge in [0.2, 0.25) is 23.6 Å². The third kappa shape index (κ3) is 6.98. The molecule has 2 aromatic rings. The van der Waals surface area contributed by atoms with E-state index in [9.17, 15) is 23.6 Å². The molecule has 5 atom stereocenters. The van der Waals surface area contributed by atoms with E-state index in [2.05, 4.69) is 16.0 Å². The maximum Gasteiger partial charge on any atom is 0.247 e. The van der Waals surface area contributed by atoms with Crippen LogP contribution in [0.4, 0.5) is 4.39 Å². The third-order valence-electron chi connectivity index (χ3n) is 8.34. The first-order valence-electron chi connectivity index (χ1n) is 14.7. The van der Waals surface area contributed by atoms with Gasteiger partial charge in [0.25, 0.3) is 0 Å². The minimum Gasteiger partial charge on any atom is -0.343 e. The Kier molecular flexibility index (Phi) is 9.98. The predicted molar refractivity (Wildman–Crippen MR) is 158 cm³/mol. The van der Waals surface area contributed by atoms with Gasteiger partial charge in [-0.15, -0.1) is 0 Å². The minimum absolute atomic E-state index is 0.0388. The highest BCUT2D eigenvalue weighted by atomic mass is 19.1. The number of carbonyl (C=O) groups is 4. The van der Waals surface area contributed by atoms with Crippen molar-refractivity contribution in [1.82, 2.24) is 25.8 Å². The van der Waals surface area contributed by atoms with Crippen molar-refractivity contribution in [3.05, 3.63) is 71.0 Å². The SMILES string of the molecule is CN[C@@H](C)C(=O)N[C@H]1CN(C(=O)C(C)C)CC[C@H]2CC[C@@H](C(=O)NC(c3ccc(C)cc3)c3ccc(F)cc3)N2C1=O. The van der Waals surface area contributed by atoms with Crippen LogP contribution < -0.4 is 16.0 Å². The zero-order chi connectivity index (χ0) is 30.6. The van der Waals surface area contributed by atoms with Gasteiger partial charge in [0.05, 0.1) is 12.1 Å². The number of halogens is 1. The van der Waals surface area contributed by atoms with E-state index in [1.165, 1.54) is 12.1 Å². The standard InChI is InChI=1S/C32H42FN5O4/c1-19(2)31(41)37-17-16-25-14-15-27(38(25)32(42)26(18-37)35-29(39)21(4)34-5)30(40)36-28(22-8-6-20(3)7-9-22)23-10-12-24(33)13-11-23/h6-13,19,21,25-28,34H,14-18H2,1-5H3,(H,35,39)(H,36,40)/t21-,25+,26-,27-,28?/m0/s1. The first kappa shape index (κ1) is 31.2. The van der Waals surface area contributed by atoms with Gasteiger partial charge in [0.1, 0.15) is 17.9 Å². The summed E-state index contributed by atoms with van der Waals surface area (Å²) >= 11 is 0. The smallest absolute Gasteiger partial charge is 0.247 e. The molecule has 4 amide bonds. The summed E-state index contributed by atoms with van der Waals surface area (Å²) in [6.45, 7) is 7.76. The zero-order valence-electron chi connectivity index (χ0n) is 25.0. The lowest BCUT2D eigenvalue weighted by atomic mass is 9.97. The molecular weight excluding hydrogens is 537 g/mol. The first-order valence-corrected chi connectivity index (χ1v) is 14.7. The van der Waals surface area contributed by atoms with Crippen LogP contribution in [0, 0.1) is 18.7 Å². The number of nitrogens with one attached hydrogen (secondary N) is 3. The number of rotatable bonds is 8. The molecule has 2 saturated heterocycles. The lowest BCUT2D eigenvalue weighted by Crippen LogP contribution is -2.62. The summed E-state index contributed by atoms with van der Waals surface area (Å²) in [6, 6.07) is 10.7. The quantitative estimate of drug-likeness (QED) is 0.446. The predicted octanol–water partition coefficient (Wildman–Crippen LogP) is 2.68. The van der Waals surface area contributed by atoms with Crippen molar-refractivity contribution in [2.75, 3.05) is 20.1 Å². The molecule has 9 nitrogen and oxygen atoms in total. The second-order valence-corrected chi connectivity index (χ2v) is 11.7. The second-order valence-electron chi connectivity index (χ2n) is 11.7. The summed E-state index contributed by atoms with van der Waals surface area (Å²) in [7, 11) is 1.65. The molecule has 2 fully saturated rings. The van der Waals surface area contributed by atoms with Crippen molar-refractivity contribution < 1.29 is 23.6 Å². The largest absolute Gasteiger partial charge is 0.343 e. The van der Waals surface area contributed by atoms with Crippen molar-refractivity contribution in [1.29, 1.82) is 0 Å². The number of likely N-dealkylation sites (N-methyl/N-ethyl adjacent to an activating group) is 1. The fraction of sp³-hybridized carbons (Fsp3) is 0.500. The number of carbonyl (C=O) groups excluding carboxylic acids is 4. The van der Waals surface area contributed by atoms with Gasteiger partial charge in [-0.3, -0.25) is 19.2 Å². The summed E-state index contributed by atoms with van der Waals surface area (Å²) in [5.74, 6) is -1.75. The number of fused-ring (bicyclic) bond motifs is 1. The van der Waals surface area contributed by atoms with E-state index in [1.807, 2.05) is 45.0 Å². The van der Waals surface area contributed by atoms with Crippen LogP contribution >= 0.6 is 0 Å². The zero-order valence-corrected chi connectivity index (χ0v) is 25.0. The molecule has 2 aromatic carbocycles. The number of hydrogen-bond donors (Lipinski definition) is 3. The van der Waals surface area contributed by atoms with Crippen molar-refractivity contribution >= 4 is 23.6 Å². The van der Waals surface area contributed by atoms with Gasteiger partial charge in [0, 0.05) is 25.0 Å². The number of amides is 4. The van der Waals surface area contributed by atoms with Gasteiger partial charge in [0.15, 0.2) is 0 Å². The summed E-state index contributed by atoms with van der Waals surface area (Å²) < 4.78 is 13.7. The van der Waals surface area contributed by atoms with E-state index < -0.39 is 24.2 Å². The van der Waals surface area contributed by atoms with Gasteiger partial charge in [-0.2, -0.15) is 0 Å². The molecule has 4 rings (SSSR count). The van der Waals surface area contributed by atoms with E-state index in [4.69, 9.17) is 0 Å². The molecule has 1 unspecified atom stereocenters. The fourth-order valence-electron chi connectivity index (χ4n) is 5.74. The summed E-state index contributed by atoms with van der Waals surface area (Å²) in [5.41, 5.74) is 2.62. The van der Waals surface area contributed by atoms with Crippen molar-refractivity contribution in [2.45, 2.75) is 77.2 Å². The monoisotopic (exact) mass is 579 g/mol. The molecule has 226 valence electrons. The Hall–Kier alpha value is -3.79. The van der Waals surface area contributed by atoms with Crippen LogP contribution in [0.15, 0.2) is 48.5 Å². The Labute approximate surface area is 247 Å². The minimum atomic E-state index is -0.989. The molecule has 0 saturated carbocycles. The summed E-state index contributed by atoms with van der Waals surface area (Å²) in [6.07, 6.45) is 1.60. The molecule has 0 spiro atoms. The fourth-order valence-corrected chi connectivity index (χ4v) is 5.74. The van der Waals surface area contributed by atoms with Gasteiger partial charge < -0.3 is 25.8 Å². The molecule has 0 aromatic heterocycles. The van der Waals surface area contributed by atoms with Crippen LogP contribution in [0.3, 0.4) is 0 Å². The highest BCUT2D eigenvalue weighted by molar-refractivity contribution is 5.94. The lowest BCUT2D eigenvalue weighted by Gasteiger charge is -2.39. The Morgan fingerprint density at radius 1 is 0.929 bits per heavy atom. The first-order chi connectivity index (χ1) is 20.0. The second kappa shape index (κ2) is 13.5. The normalized spacial score (nSPS) is 22.2. The van der Waals surface area contributed by atoms with Crippen molar-refractivity contribution in [2.24, 2.45) is 5.92 Å². The molecule has 2 aliphatic heterocycles. The van der Waals surface area contributed by atoms with Crippen LogP contribution in [0.1, 0.15) is 62.8 Å². The van der Waals surface area contributed by atoms with Crippen LogP contribution in [-0.2, 0) is 19.2 Å². The van der Waals surface area contributed by atoms with Crippen molar-refractivity contribution in [3.8, 4) is 0 Å². The van der Waals surface area contributed by atoms with E-state index >= 15 is 0 Å². The molecule has 0 bridgehead atoms. The molecular formula is C32H42FN5O4. The highest BCUT2D eigenvalue weighted by Gasteiger charge is 2.46. The number of aryl methyl sites for hydroxylation is 1. The van der Waals surface area contributed by atoms with E-state index in [0.29, 0.717) is 25.8 Å². The number of nitrogens with zero attached hydrogens (tertiary/aromatic N) is 2. The molecule has 10 heteroatoms. The van der Waals surface area contributed by atoms with Crippen LogP contribution in [0.5, 0.6) is 0 Å². The molecule has 2 heterocycles. The maximum absolute atomic E-state index is 14.1. The highest BCUT2D eigenvalue weighted by Crippen LogP contribution is 2.31. The average molecular weight is 580 g/mol. The van der Waals surface area contributed by atoms with Crippen LogP contribution in [0.25, 0.3) is 0 Å². The van der Waals surface area contributed by atoms with Gasteiger partial charge in [-0.05, 0) is 63.4 Å². The Bertz CT molecular complexity index is 1240. The van der Waals surface area contributed by atoms with E-state index in [1.54, 1.807) is 35.9 Å². The van der Waals surface area contributed by atoms with Crippen molar-refractivity contribution in [3.63, 3.8) is 0 Å². The lowest BCUT2D eigenvalue weighted by molar-refractivity contribution is -0.147. The van der Waals surface area contributed by atoms with Crippen LogP contribution in [-0.4, -0.2) is 77.7 Å². The maximum atomic E-state index is 14.1.